The second-order valence-corrected chi connectivity index (χ2v) is 2.35. The smallest absolute Gasteiger partial charge is 0.223 e. The molecule has 0 saturated carbocycles. The van der Waals surface area contributed by atoms with Gasteiger partial charge in [0.2, 0.25) is 5.91 Å². The molecular weight excluding hydrogens is 140 g/mol. The molecule has 0 aliphatic carbocycles. The van der Waals surface area contributed by atoms with E-state index in [0.29, 0.717) is 19.5 Å². The predicted molar refractivity (Wildman–Crippen MR) is 44.8 cm³/mol. The molecule has 0 fully saturated rings. The first-order valence-corrected chi connectivity index (χ1v) is 3.60. The minimum Gasteiger partial charge on any atom is -0.335 e. The van der Waals surface area contributed by atoms with Crippen LogP contribution in [0.1, 0.15) is 12.8 Å². The lowest BCUT2D eigenvalue weighted by atomic mass is 10.3. The minimum absolute atomic E-state index is 0.0633. The summed E-state index contributed by atoms with van der Waals surface area (Å²) < 4.78 is 0. The van der Waals surface area contributed by atoms with Gasteiger partial charge < -0.3 is 10.6 Å². The molecule has 2 N–H and O–H groups in total. The van der Waals surface area contributed by atoms with Gasteiger partial charge in [0.1, 0.15) is 0 Å². The summed E-state index contributed by atoms with van der Waals surface area (Å²) in [6.45, 7) is 0.930. The van der Waals surface area contributed by atoms with Gasteiger partial charge >= 0.3 is 0 Å². The van der Waals surface area contributed by atoms with Crippen LogP contribution in [0.4, 0.5) is 0 Å². The highest BCUT2D eigenvalue weighted by atomic mass is 16.2. The quantitative estimate of drug-likeness (QED) is 0.571. The van der Waals surface area contributed by atoms with Gasteiger partial charge in [-0.2, -0.15) is 0 Å². The van der Waals surface area contributed by atoms with Gasteiger partial charge in [-0.25, -0.2) is 0 Å². The first-order valence-electron chi connectivity index (χ1n) is 3.60. The summed E-state index contributed by atoms with van der Waals surface area (Å²) in [7, 11) is 1.69. The Kier molecular flexibility index (Phi) is 5.22. The molecule has 11 heavy (non-hydrogen) atoms. The van der Waals surface area contributed by atoms with Gasteiger partial charge in [0.25, 0.3) is 0 Å². The van der Waals surface area contributed by atoms with Gasteiger partial charge in [-0.15, -0.1) is 6.42 Å². The van der Waals surface area contributed by atoms with Crippen LogP contribution in [-0.2, 0) is 4.79 Å². The van der Waals surface area contributed by atoms with Gasteiger partial charge in [0, 0.05) is 13.5 Å². The van der Waals surface area contributed by atoms with Gasteiger partial charge in [-0.05, 0) is 13.0 Å². The number of rotatable bonds is 4. The van der Waals surface area contributed by atoms with Gasteiger partial charge in [0.15, 0.2) is 0 Å². The van der Waals surface area contributed by atoms with Crippen molar-refractivity contribution in [3.8, 4) is 12.3 Å². The van der Waals surface area contributed by atoms with Crippen molar-refractivity contribution in [2.45, 2.75) is 12.8 Å². The Morgan fingerprint density at radius 2 is 2.36 bits per heavy atom. The van der Waals surface area contributed by atoms with Gasteiger partial charge in [-0.3, -0.25) is 4.79 Å². The molecule has 0 aromatic heterocycles. The molecule has 0 aromatic rings. The summed E-state index contributed by atoms with van der Waals surface area (Å²) >= 11 is 0. The molecule has 1 amide bonds. The van der Waals surface area contributed by atoms with Crippen LogP contribution in [0.15, 0.2) is 0 Å². The van der Waals surface area contributed by atoms with E-state index >= 15 is 0 Å². The van der Waals surface area contributed by atoms with Crippen molar-refractivity contribution in [3.05, 3.63) is 0 Å². The molecule has 0 atom stereocenters. The Morgan fingerprint density at radius 1 is 1.73 bits per heavy atom. The average Bonchev–Trinajstić information content (AvgIpc) is 2.00. The third-order valence-corrected chi connectivity index (χ3v) is 1.35. The lowest BCUT2D eigenvalue weighted by Crippen LogP contribution is -2.27. The standard InChI is InChI=1S/C8H14N2O/c1-3-7-10(2)8(11)5-4-6-9/h1H,4-7,9H2,2H3. The maximum atomic E-state index is 11.1. The predicted octanol–water partition coefficient (Wildman–Crippen LogP) is -0.183. The van der Waals surface area contributed by atoms with E-state index < -0.39 is 0 Å². The van der Waals surface area contributed by atoms with Crippen molar-refractivity contribution < 1.29 is 4.79 Å². The Balaban J connectivity index is 3.57. The molecule has 3 nitrogen and oxygen atoms in total. The average molecular weight is 154 g/mol. The van der Waals surface area contributed by atoms with Crippen molar-refractivity contribution in [2.75, 3.05) is 20.1 Å². The zero-order valence-electron chi connectivity index (χ0n) is 6.84. The van der Waals surface area contributed by atoms with Crippen molar-refractivity contribution in [3.63, 3.8) is 0 Å². The Labute approximate surface area is 67.6 Å². The fourth-order valence-corrected chi connectivity index (χ4v) is 0.669. The van der Waals surface area contributed by atoms with E-state index in [1.54, 1.807) is 7.05 Å². The fourth-order valence-electron chi connectivity index (χ4n) is 0.669. The largest absolute Gasteiger partial charge is 0.335 e. The molecule has 0 saturated heterocycles. The van der Waals surface area contributed by atoms with Crippen molar-refractivity contribution in [1.82, 2.24) is 4.90 Å². The second-order valence-electron chi connectivity index (χ2n) is 2.35. The molecule has 0 heterocycles. The number of hydrogen-bond acceptors (Lipinski definition) is 2. The normalized spacial score (nSPS) is 8.82. The van der Waals surface area contributed by atoms with Crippen LogP contribution in [0, 0.1) is 12.3 Å². The minimum atomic E-state index is 0.0633. The number of terminal acetylenes is 1. The third kappa shape index (κ3) is 4.40. The Hall–Kier alpha value is -1.01. The number of amides is 1. The van der Waals surface area contributed by atoms with E-state index in [1.165, 1.54) is 4.90 Å². The van der Waals surface area contributed by atoms with Crippen LogP contribution in [0.25, 0.3) is 0 Å². The first-order chi connectivity index (χ1) is 5.22. The Bertz CT molecular complexity index is 160. The zero-order chi connectivity index (χ0) is 8.69. The zero-order valence-corrected chi connectivity index (χ0v) is 6.84. The number of carbonyl (C=O) groups excluding carboxylic acids is 1. The van der Waals surface area contributed by atoms with Gasteiger partial charge in [0.05, 0.1) is 6.54 Å². The number of carbonyl (C=O) groups is 1. The van der Waals surface area contributed by atoms with Crippen molar-refractivity contribution in [2.24, 2.45) is 5.73 Å². The first kappa shape index (κ1) is 9.99. The van der Waals surface area contributed by atoms with E-state index in [2.05, 4.69) is 5.92 Å². The van der Waals surface area contributed by atoms with E-state index in [0.717, 1.165) is 6.42 Å². The molecular formula is C8H14N2O. The highest BCUT2D eigenvalue weighted by Gasteiger charge is 2.04. The van der Waals surface area contributed by atoms with Crippen molar-refractivity contribution >= 4 is 5.91 Å². The molecule has 0 aliphatic heterocycles. The van der Waals surface area contributed by atoms with Crippen LogP contribution < -0.4 is 5.73 Å². The lowest BCUT2D eigenvalue weighted by molar-refractivity contribution is -0.129. The molecule has 0 aromatic carbocycles. The highest BCUT2D eigenvalue weighted by Crippen LogP contribution is 1.92. The third-order valence-electron chi connectivity index (χ3n) is 1.35. The molecule has 0 bridgehead atoms. The molecule has 3 heteroatoms. The topological polar surface area (TPSA) is 46.3 Å². The lowest BCUT2D eigenvalue weighted by Gasteiger charge is -2.12. The number of nitrogens with zero attached hydrogens (tertiary/aromatic N) is 1. The van der Waals surface area contributed by atoms with E-state index in [1.807, 2.05) is 0 Å². The molecule has 0 unspecified atom stereocenters. The maximum absolute atomic E-state index is 11.1. The van der Waals surface area contributed by atoms with E-state index in [4.69, 9.17) is 12.2 Å². The van der Waals surface area contributed by atoms with Crippen LogP contribution in [0.5, 0.6) is 0 Å². The van der Waals surface area contributed by atoms with Crippen LogP contribution >= 0.6 is 0 Å². The second kappa shape index (κ2) is 5.75. The fraction of sp³-hybridized carbons (Fsp3) is 0.625. The van der Waals surface area contributed by atoms with Crippen molar-refractivity contribution in [1.29, 1.82) is 0 Å². The molecule has 0 radical (unpaired) electrons. The molecule has 0 aliphatic rings. The summed E-state index contributed by atoms with van der Waals surface area (Å²) in [5.41, 5.74) is 5.24. The maximum Gasteiger partial charge on any atom is 0.223 e. The van der Waals surface area contributed by atoms with E-state index in [-0.39, 0.29) is 5.91 Å². The SMILES string of the molecule is C#CCN(C)C(=O)CCCN. The van der Waals surface area contributed by atoms with Crippen LogP contribution in [0.2, 0.25) is 0 Å². The van der Waals surface area contributed by atoms with Crippen LogP contribution in [0.3, 0.4) is 0 Å². The molecule has 0 rings (SSSR count). The number of hydrogen-bond donors (Lipinski definition) is 1. The summed E-state index contributed by atoms with van der Waals surface area (Å²) in [5, 5.41) is 0. The van der Waals surface area contributed by atoms with E-state index in [9.17, 15) is 4.79 Å². The molecule has 62 valence electrons. The number of nitrogens with two attached hydrogens (primary N) is 1. The monoisotopic (exact) mass is 154 g/mol. The highest BCUT2D eigenvalue weighted by molar-refractivity contribution is 5.76. The summed E-state index contributed by atoms with van der Waals surface area (Å²) in [4.78, 5) is 12.6. The summed E-state index contributed by atoms with van der Waals surface area (Å²) in [6.07, 6.45) is 6.25. The summed E-state index contributed by atoms with van der Waals surface area (Å²) in [6, 6.07) is 0. The van der Waals surface area contributed by atoms with Crippen LogP contribution in [-0.4, -0.2) is 30.9 Å². The molecule has 0 spiro atoms. The Morgan fingerprint density at radius 3 is 2.82 bits per heavy atom. The summed E-state index contributed by atoms with van der Waals surface area (Å²) in [5.74, 6) is 2.46. The van der Waals surface area contributed by atoms with Gasteiger partial charge in [-0.1, -0.05) is 5.92 Å².